The first-order chi connectivity index (χ1) is 8.81. The van der Waals surface area contributed by atoms with Crippen LogP contribution in [0, 0.1) is 5.41 Å². The molecule has 0 radical (unpaired) electrons. The van der Waals surface area contributed by atoms with E-state index in [1.807, 2.05) is 30.3 Å². The Balaban J connectivity index is 2.12. The molecule has 2 aromatic carbocycles. The summed E-state index contributed by atoms with van der Waals surface area (Å²) in [7, 11) is 0. The van der Waals surface area contributed by atoms with Gasteiger partial charge in [0.15, 0.2) is 0 Å². The summed E-state index contributed by atoms with van der Waals surface area (Å²) in [4.78, 5) is 0. The number of benzene rings is 2. The lowest BCUT2D eigenvalue weighted by atomic mass is 10.00. The zero-order valence-corrected chi connectivity index (χ0v) is 10.8. The second kappa shape index (κ2) is 6.15. The topological polar surface area (TPSA) is 23.9 Å². The number of rotatable bonds is 5. The van der Waals surface area contributed by atoms with E-state index in [2.05, 4.69) is 31.2 Å². The number of unbranched alkanes of at least 4 members (excludes halogenated alkanes) is 1. The molecule has 18 heavy (non-hydrogen) atoms. The van der Waals surface area contributed by atoms with Crippen LogP contribution in [-0.4, -0.2) is 5.71 Å². The number of hydrogen-bond donors (Lipinski definition) is 1. The third-order valence-electron chi connectivity index (χ3n) is 3.12. The van der Waals surface area contributed by atoms with Gasteiger partial charge >= 0.3 is 0 Å². The van der Waals surface area contributed by atoms with Crippen LogP contribution in [0.3, 0.4) is 0 Å². The zero-order chi connectivity index (χ0) is 12.8. The van der Waals surface area contributed by atoms with Crippen molar-refractivity contribution in [3.8, 4) is 0 Å². The fourth-order valence-corrected chi connectivity index (χ4v) is 1.99. The van der Waals surface area contributed by atoms with E-state index < -0.39 is 0 Å². The molecule has 0 saturated carbocycles. The second-order valence-electron chi connectivity index (χ2n) is 4.54. The van der Waals surface area contributed by atoms with Crippen molar-refractivity contribution in [2.75, 3.05) is 0 Å². The van der Waals surface area contributed by atoms with Crippen LogP contribution in [0.2, 0.25) is 0 Å². The predicted molar refractivity (Wildman–Crippen MR) is 77.4 cm³/mol. The molecule has 0 heterocycles. The average molecular weight is 237 g/mol. The van der Waals surface area contributed by atoms with Crippen LogP contribution in [0.5, 0.6) is 0 Å². The van der Waals surface area contributed by atoms with Crippen LogP contribution in [0.15, 0.2) is 54.6 Å². The molecule has 2 aromatic rings. The highest BCUT2D eigenvalue weighted by Crippen LogP contribution is 2.12. The fourth-order valence-electron chi connectivity index (χ4n) is 1.99. The van der Waals surface area contributed by atoms with Crippen LogP contribution >= 0.6 is 0 Å². The molecule has 0 fully saturated rings. The molecule has 0 bridgehead atoms. The molecule has 2 rings (SSSR count). The number of nitrogens with one attached hydrogen (secondary N) is 1. The van der Waals surface area contributed by atoms with Gasteiger partial charge in [0.2, 0.25) is 0 Å². The minimum atomic E-state index is 0.595. The average Bonchev–Trinajstić information content (AvgIpc) is 2.46. The molecule has 0 saturated heterocycles. The molecular formula is C17H19N. The Morgan fingerprint density at radius 1 is 0.889 bits per heavy atom. The molecular weight excluding hydrogens is 218 g/mol. The van der Waals surface area contributed by atoms with E-state index in [1.165, 1.54) is 18.4 Å². The third-order valence-corrected chi connectivity index (χ3v) is 3.12. The van der Waals surface area contributed by atoms with Gasteiger partial charge < -0.3 is 0 Å². The Labute approximate surface area is 109 Å². The highest BCUT2D eigenvalue weighted by molar-refractivity contribution is 6.10. The molecule has 0 aliphatic heterocycles. The summed E-state index contributed by atoms with van der Waals surface area (Å²) in [5.41, 5.74) is 3.92. The maximum Gasteiger partial charge on any atom is 0.0684 e. The Bertz CT molecular complexity index is 497. The Kier molecular flexibility index (Phi) is 4.30. The molecule has 0 aliphatic carbocycles. The molecule has 0 spiro atoms. The SMILES string of the molecule is CCCCc1ccc(C(=N)c2ccccc2)cc1. The largest absolute Gasteiger partial charge is 0.300 e. The molecule has 1 nitrogen and oxygen atoms in total. The predicted octanol–water partition coefficient (Wildman–Crippen LogP) is 4.45. The first kappa shape index (κ1) is 12.6. The van der Waals surface area contributed by atoms with E-state index in [4.69, 9.17) is 5.41 Å². The monoisotopic (exact) mass is 237 g/mol. The summed E-state index contributed by atoms with van der Waals surface area (Å²) in [6, 6.07) is 18.3. The summed E-state index contributed by atoms with van der Waals surface area (Å²) in [6.07, 6.45) is 3.59. The summed E-state index contributed by atoms with van der Waals surface area (Å²) < 4.78 is 0. The van der Waals surface area contributed by atoms with Gasteiger partial charge in [-0.3, -0.25) is 5.41 Å². The van der Waals surface area contributed by atoms with Gasteiger partial charge in [0.25, 0.3) is 0 Å². The maximum atomic E-state index is 8.18. The van der Waals surface area contributed by atoms with Gasteiger partial charge in [0.1, 0.15) is 0 Å². The van der Waals surface area contributed by atoms with E-state index in [1.54, 1.807) is 0 Å². The van der Waals surface area contributed by atoms with Crippen LogP contribution in [0.25, 0.3) is 0 Å². The molecule has 0 amide bonds. The quantitative estimate of drug-likeness (QED) is 0.743. The van der Waals surface area contributed by atoms with Crippen molar-refractivity contribution in [2.45, 2.75) is 26.2 Å². The van der Waals surface area contributed by atoms with E-state index in [0.29, 0.717) is 5.71 Å². The molecule has 1 N–H and O–H groups in total. The van der Waals surface area contributed by atoms with Crippen molar-refractivity contribution in [3.63, 3.8) is 0 Å². The summed E-state index contributed by atoms with van der Waals surface area (Å²) in [5, 5.41) is 8.18. The minimum Gasteiger partial charge on any atom is -0.300 e. The van der Waals surface area contributed by atoms with Gasteiger partial charge in [0, 0.05) is 5.56 Å². The Morgan fingerprint density at radius 2 is 1.50 bits per heavy atom. The lowest BCUT2D eigenvalue weighted by Crippen LogP contribution is -2.01. The van der Waals surface area contributed by atoms with Crippen molar-refractivity contribution in [2.24, 2.45) is 0 Å². The number of hydrogen-bond acceptors (Lipinski definition) is 1. The highest BCUT2D eigenvalue weighted by Gasteiger charge is 2.03. The Morgan fingerprint density at radius 3 is 2.11 bits per heavy atom. The molecule has 1 heteroatoms. The summed E-state index contributed by atoms with van der Waals surface area (Å²) in [6.45, 7) is 2.21. The lowest BCUT2D eigenvalue weighted by Gasteiger charge is -2.06. The zero-order valence-electron chi connectivity index (χ0n) is 10.8. The summed E-state index contributed by atoms with van der Waals surface area (Å²) in [5.74, 6) is 0. The van der Waals surface area contributed by atoms with Crippen molar-refractivity contribution in [1.82, 2.24) is 0 Å². The van der Waals surface area contributed by atoms with E-state index in [-0.39, 0.29) is 0 Å². The van der Waals surface area contributed by atoms with E-state index >= 15 is 0 Å². The van der Waals surface area contributed by atoms with Crippen molar-refractivity contribution >= 4 is 5.71 Å². The minimum absolute atomic E-state index is 0.595. The van der Waals surface area contributed by atoms with E-state index in [9.17, 15) is 0 Å². The van der Waals surface area contributed by atoms with Crippen molar-refractivity contribution < 1.29 is 0 Å². The van der Waals surface area contributed by atoms with Crippen LogP contribution in [0.4, 0.5) is 0 Å². The Hall–Kier alpha value is -1.89. The summed E-state index contributed by atoms with van der Waals surface area (Å²) >= 11 is 0. The molecule has 92 valence electrons. The highest BCUT2D eigenvalue weighted by atomic mass is 14.4. The molecule has 0 atom stereocenters. The van der Waals surface area contributed by atoms with Gasteiger partial charge in [-0.25, -0.2) is 0 Å². The van der Waals surface area contributed by atoms with Gasteiger partial charge in [-0.05, 0) is 24.0 Å². The first-order valence-electron chi connectivity index (χ1n) is 6.54. The molecule has 0 unspecified atom stereocenters. The second-order valence-corrected chi connectivity index (χ2v) is 4.54. The van der Waals surface area contributed by atoms with Crippen LogP contribution < -0.4 is 0 Å². The van der Waals surface area contributed by atoms with Gasteiger partial charge in [-0.2, -0.15) is 0 Å². The first-order valence-corrected chi connectivity index (χ1v) is 6.54. The van der Waals surface area contributed by atoms with Crippen LogP contribution in [0.1, 0.15) is 36.5 Å². The van der Waals surface area contributed by atoms with Gasteiger partial charge in [0.05, 0.1) is 5.71 Å². The maximum absolute atomic E-state index is 8.18. The standard InChI is InChI=1S/C17H19N/c1-2-3-7-14-10-12-16(13-11-14)17(18)15-8-5-4-6-9-15/h4-6,8-13,18H,2-3,7H2,1H3. The third kappa shape index (κ3) is 3.07. The normalized spacial score (nSPS) is 10.3. The number of aryl methyl sites for hydroxylation is 1. The molecule has 0 aromatic heterocycles. The van der Waals surface area contributed by atoms with Crippen molar-refractivity contribution in [1.29, 1.82) is 5.41 Å². The smallest absolute Gasteiger partial charge is 0.0684 e. The van der Waals surface area contributed by atoms with Crippen molar-refractivity contribution in [3.05, 3.63) is 71.3 Å². The van der Waals surface area contributed by atoms with Gasteiger partial charge in [-0.15, -0.1) is 0 Å². The van der Waals surface area contributed by atoms with Gasteiger partial charge in [-0.1, -0.05) is 67.9 Å². The fraction of sp³-hybridized carbons (Fsp3) is 0.235. The lowest BCUT2D eigenvalue weighted by molar-refractivity contribution is 0.795. The molecule has 0 aliphatic rings. The van der Waals surface area contributed by atoms with E-state index in [0.717, 1.165) is 17.5 Å². The van der Waals surface area contributed by atoms with Crippen LogP contribution in [-0.2, 0) is 6.42 Å².